The van der Waals surface area contributed by atoms with Crippen molar-refractivity contribution >= 4 is 49.0 Å². The lowest BCUT2D eigenvalue weighted by atomic mass is 10.3. The van der Waals surface area contributed by atoms with E-state index in [9.17, 15) is 21.6 Å². The van der Waals surface area contributed by atoms with E-state index in [1.165, 1.54) is 24.6 Å². The maximum absolute atomic E-state index is 13.0. The molecule has 1 atom stereocenters. The predicted molar refractivity (Wildman–Crippen MR) is 80.2 cm³/mol. The molecule has 0 aliphatic rings. The van der Waals surface area contributed by atoms with Crippen LogP contribution in [-0.4, -0.2) is 30.2 Å². The second-order valence-corrected chi connectivity index (χ2v) is 8.11. The van der Waals surface area contributed by atoms with Gasteiger partial charge in [0.25, 0.3) is 0 Å². The van der Waals surface area contributed by atoms with Crippen molar-refractivity contribution in [2.75, 3.05) is 5.75 Å². The van der Waals surface area contributed by atoms with Crippen molar-refractivity contribution in [3.8, 4) is 0 Å². The van der Waals surface area contributed by atoms with Crippen molar-refractivity contribution in [2.45, 2.75) is 22.3 Å². The average Bonchev–Trinajstić information content (AvgIpc) is 2.89. The number of oxazole rings is 1. The van der Waals surface area contributed by atoms with Gasteiger partial charge in [-0.05, 0) is 40.5 Å². The molecular formula is C11H10BrF3N2O3S2. The Morgan fingerprint density at radius 3 is 2.86 bits per heavy atom. The third-order valence-electron chi connectivity index (χ3n) is 2.61. The number of rotatable bonds is 7. The Hall–Kier alpha value is -0.780. The van der Waals surface area contributed by atoms with Gasteiger partial charge >= 0.3 is 4.83 Å². The first kappa shape index (κ1) is 17.6. The van der Waals surface area contributed by atoms with Gasteiger partial charge in [0.1, 0.15) is 5.52 Å². The third kappa shape index (κ3) is 4.37. The van der Waals surface area contributed by atoms with Crippen LogP contribution in [0.5, 0.6) is 0 Å². The van der Waals surface area contributed by atoms with Crippen LogP contribution in [0.1, 0.15) is 6.42 Å². The summed E-state index contributed by atoms with van der Waals surface area (Å²) in [7, 11) is -3.85. The monoisotopic (exact) mass is 418 g/mol. The standard InChI is InChI=1S/C11H10BrF3N2O3S2/c12-11(14,15)10(13)3-4-21-17-22(18,19)7-1-2-9-8(5-7)16-6-20-9/h1-2,5-6,10,17H,3-4H2. The molecule has 1 heterocycles. The minimum Gasteiger partial charge on any atom is -0.443 e. The van der Waals surface area contributed by atoms with Gasteiger partial charge in [-0.3, -0.25) is 0 Å². The quantitative estimate of drug-likeness (QED) is 0.423. The summed E-state index contributed by atoms with van der Waals surface area (Å²) >= 11 is 2.55. The van der Waals surface area contributed by atoms with Gasteiger partial charge in [0, 0.05) is 5.75 Å². The minimum atomic E-state index is -3.85. The fourth-order valence-corrected chi connectivity index (χ4v) is 3.90. The molecule has 0 amide bonds. The Morgan fingerprint density at radius 1 is 1.45 bits per heavy atom. The fraction of sp³-hybridized carbons (Fsp3) is 0.364. The first-order chi connectivity index (χ1) is 10.2. The molecular weight excluding hydrogens is 409 g/mol. The van der Waals surface area contributed by atoms with Crippen LogP contribution in [0.4, 0.5) is 13.2 Å². The Morgan fingerprint density at radius 2 is 2.18 bits per heavy atom. The highest BCUT2D eigenvalue weighted by Crippen LogP contribution is 2.31. The molecule has 0 saturated heterocycles. The van der Waals surface area contributed by atoms with Gasteiger partial charge in [0.05, 0.1) is 4.90 Å². The van der Waals surface area contributed by atoms with E-state index in [1.54, 1.807) is 0 Å². The number of hydrogen-bond acceptors (Lipinski definition) is 5. The van der Waals surface area contributed by atoms with Crippen LogP contribution in [-0.2, 0) is 10.0 Å². The molecule has 2 aromatic rings. The van der Waals surface area contributed by atoms with E-state index in [4.69, 9.17) is 4.42 Å². The average molecular weight is 419 g/mol. The summed E-state index contributed by atoms with van der Waals surface area (Å²) < 4.78 is 69.2. The van der Waals surface area contributed by atoms with Crippen LogP contribution < -0.4 is 4.13 Å². The van der Waals surface area contributed by atoms with Crippen molar-refractivity contribution in [1.82, 2.24) is 9.11 Å². The molecule has 0 saturated carbocycles. The van der Waals surface area contributed by atoms with Crippen molar-refractivity contribution < 1.29 is 26.0 Å². The van der Waals surface area contributed by atoms with Crippen LogP contribution in [0.2, 0.25) is 0 Å². The summed E-state index contributed by atoms with van der Waals surface area (Å²) in [6.07, 6.45) is -1.71. The van der Waals surface area contributed by atoms with E-state index in [1.807, 2.05) is 15.9 Å². The lowest BCUT2D eigenvalue weighted by Crippen LogP contribution is -2.24. The molecule has 122 valence electrons. The molecule has 1 aromatic carbocycles. The lowest BCUT2D eigenvalue weighted by Gasteiger charge is -2.13. The Balaban J connectivity index is 1.94. The predicted octanol–water partition coefficient (Wildman–Crippen LogP) is 3.47. The van der Waals surface area contributed by atoms with Gasteiger partial charge in [-0.15, -0.1) is 0 Å². The topological polar surface area (TPSA) is 72.2 Å². The number of halogens is 4. The van der Waals surface area contributed by atoms with Crippen LogP contribution in [0.3, 0.4) is 0 Å². The number of nitrogens with zero attached hydrogens (tertiary/aromatic N) is 1. The lowest BCUT2D eigenvalue weighted by molar-refractivity contribution is 0.0210. The van der Waals surface area contributed by atoms with Crippen LogP contribution in [0.25, 0.3) is 11.1 Å². The van der Waals surface area contributed by atoms with Crippen molar-refractivity contribution in [2.24, 2.45) is 0 Å². The van der Waals surface area contributed by atoms with Crippen LogP contribution >= 0.6 is 27.9 Å². The number of nitrogens with one attached hydrogen (secondary N) is 1. The molecule has 1 unspecified atom stereocenters. The summed E-state index contributed by atoms with van der Waals surface area (Å²) in [6, 6.07) is 4.08. The number of benzene rings is 1. The molecule has 1 N–H and O–H groups in total. The highest BCUT2D eigenvalue weighted by molar-refractivity contribution is 9.10. The SMILES string of the molecule is O=S(=O)(NSCCC(F)C(F)(F)Br)c1ccc2ocnc2c1. The Bertz CT molecular complexity index is 748. The maximum Gasteiger partial charge on any atom is 0.331 e. The van der Waals surface area contributed by atoms with E-state index in [2.05, 4.69) is 9.11 Å². The van der Waals surface area contributed by atoms with Gasteiger partial charge in [-0.25, -0.2) is 17.8 Å². The number of aromatic nitrogens is 1. The highest BCUT2D eigenvalue weighted by Gasteiger charge is 2.36. The molecule has 11 heteroatoms. The van der Waals surface area contributed by atoms with E-state index >= 15 is 0 Å². The molecule has 5 nitrogen and oxygen atoms in total. The van der Waals surface area contributed by atoms with E-state index < -0.39 is 27.4 Å². The first-order valence-electron chi connectivity index (χ1n) is 5.88. The van der Waals surface area contributed by atoms with Crippen LogP contribution in [0.15, 0.2) is 33.9 Å². The van der Waals surface area contributed by atoms with E-state index in [-0.39, 0.29) is 10.6 Å². The molecule has 2 rings (SSSR count). The molecule has 0 radical (unpaired) electrons. The van der Waals surface area contributed by atoms with Gasteiger partial charge < -0.3 is 4.42 Å². The van der Waals surface area contributed by atoms with Gasteiger partial charge in [-0.1, -0.05) is 11.9 Å². The zero-order valence-electron chi connectivity index (χ0n) is 10.8. The second kappa shape index (κ2) is 6.77. The summed E-state index contributed by atoms with van der Waals surface area (Å²) in [5.74, 6) is -0.145. The number of sulfonamides is 1. The Kier molecular flexibility index (Phi) is 5.41. The fourth-order valence-electron chi connectivity index (χ4n) is 1.50. The van der Waals surface area contributed by atoms with Crippen molar-refractivity contribution in [3.63, 3.8) is 0 Å². The zero-order chi connectivity index (χ0) is 16.4. The second-order valence-electron chi connectivity index (χ2n) is 4.21. The summed E-state index contributed by atoms with van der Waals surface area (Å²) in [5.41, 5.74) is 0.807. The summed E-state index contributed by atoms with van der Waals surface area (Å²) in [4.78, 5) is 0.163. The van der Waals surface area contributed by atoms with Crippen LogP contribution in [0, 0.1) is 0 Å². The normalized spacial score (nSPS) is 14.4. The van der Waals surface area contributed by atoms with Crippen molar-refractivity contribution in [3.05, 3.63) is 24.6 Å². The zero-order valence-corrected chi connectivity index (χ0v) is 14.0. The number of alkyl halides is 4. The van der Waals surface area contributed by atoms with Gasteiger partial charge in [-0.2, -0.15) is 12.9 Å². The van der Waals surface area contributed by atoms with Gasteiger partial charge in [0.15, 0.2) is 18.1 Å². The molecule has 0 bridgehead atoms. The minimum absolute atomic E-state index is 0.0518. The summed E-state index contributed by atoms with van der Waals surface area (Å²) in [5, 5.41) is 0. The van der Waals surface area contributed by atoms with Gasteiger partial charge in [0.2, 0.25) is 10.0 Å². The molecule has 22 heavy (non-hydrogen) atoms. The molecule has 0 spiro atoms. The highest BCUT2D eigenvalue weighted by atomic mass is 79.9. The smallest absolute Gasteiger partial charge is 0.331 e. The molecule has 0 fully saturated rings. The third-order valence-corrected chi connectivity index (χ3v) is 5.77. The van der Waals surface area contributed by atoms with E-state index in [0.717, 1.165) is 0 Å². The maximum atomic E-state index is 13.0. The first-order valence-corrected chi connectivity index (χ1v) is 9.14. The Labute approximate surface area is 137 Å². The molecule has 0 aliphatic heterocycles. The number of hydrogen-bond donors (Lipinski definition) is 1. The van der Waals surface area contributed by atoms with E-state index in [0.29, 0.717) is 23.0 Å². The molecule has 1 aromatic heterocycles. The summed E-state index contributed by atoms with van der Waals surface area (Å²) in [6.45, 7) is 0. The number of fused-ring (bicyclic) bond motifs is 1. The molecule has 0 aliphatic carbocycles. The largest absolute Gasteiger partial charge is 0.443 e. The van der Waals surface area contributed by atoms with Crippen molar-refractivity contribution in [1.29, 1.82) is 0 Å².